The molecular formula is C16H13ClN2. The van der Waals surface area contributed by atoms with Crippen LogP contribution in [0.3, 0.4) is 0 Å². The molecule has 0 bridgehead atoms. The minimum Gasteiger partial charge on any atom is -0.300 e. The van der Waals surface area contributed by atoms with Crippen LogP contribution >= 0.6 is 11.6 Å². The number of benzene rings is 2. The molecule has 2 aromatic carbocycles. The summed E-state index contributed by atoms with van der Waals surface area (Å²) in [6.45, 7) is 0. The molecule has 3 heteroatoms. The molecule has 0 unspecified atom stereocenters. The van der Waals surface area contributed by atoms with Crippen molar-refractivity contribution in [2.45, 2.75) is 0 Å². The molecule has 0 heterocycles. The lowest BCUT2D eigenvalue weighted by atomic mass is 10.1. The lowest BCUT2D eigenvalue weighted by molar-refractivity contribution is 1.48. The van der Waals surface area contributed by atoms with Gasteiger partial charge < -0.3 is 10.8 Å². The van der Waals surface area contributed by atoms with E-state index in [0.717, 1.165) is 11.1 Å². The van der Waals surface area contributed by atoms with Gasteiger partial charge in [0.25, 0.3) is 0 Å². The van der Waals surface area contributed by atoms with Crippen LogP contribution in [0, 0.1) is 10.8 Å². The highest BCUT2D eigenvalue weighted by Gasteiger charge is 1.99. The minimum atomic E-state index is 0.359. The average molecular weight is 269 g/mol. The van der Waals surface area contributed by atoms with Crippen molar-refractivity contribution >= 4 is 23.0 Å². The van der Waals surface area contributed by atoms with Crippen molar-refractivity contribution in [3.8, 4) is 0 Å². The van der Waals surface area contributed by atoms with Gasteiger partial charge in [0.15, 0.2) is 0 Å². The van der Waals surface area contributed by atoms with Crippen LogP contribution in [0.4, 0.5) is 0 Å². The van der Waals surface area contributed by atoms with E-state index in [1.54, 1.807) is 36.4 Å². The van der Waals surface area contributed by atoms with Gasteiger partial charge in [0, 0.05) is 5.02 Å². The van der Waals surface area contributed by atoms with Crippen LogP contribution in [0.2, 0.25) is 5.02 Å². The summed E-state index contributed by atoms with van der Waals surface area (Å²) in [5.41, 5.74) is 2.36. The molecule has 0 atom stereocenters. The molecule has 0 aliphatic carbocycles. The maximum Gasteiger partial charge on any atom is 0.0612 e. The highest BCUT2D eigenvalue weighted by Crippen LogP contribution is 2.10. The number of rotatable bonds is 4. The van der Waals surface area contributed by atoms with Crippen LogP contribution in [0.1, 0.15) is 11.1 Å². The normalized spacial score (nSPS) is 10.6. The van der Waals surface area contributed by atoms with Crippen LogP contribution < -0.4 is 0 Å². The molecule has 0 spiro atoms. The topological polar surface area (TPSA) is 47.7 Å². The number of hydrogen-bond donors (Lipinski definition) is 2. The minimum absolute atomic E-state index is 0.359. The van der Waals surface area contributed by atoms with Crippen molar-refractivity contribution in [2.24, 2.45) is 0 Å². The molecule has 2 rings (SSSR count). The van der Waals surface area contributed by atoms with E-state index in [0.29, 0.717) is 16.4 Å². The van der Waals surface area contributed by atoms with Crippen LogP contribution in [0.15, 0.2) is 66.7 Å². The van der Waals surface area contributed by atoms with Gasteiger partial charge >= 0.3 is 0 Å². The predicted octanol–water partition coefficient (Wildman–Crippen LogP) is 4.33. The number of nitrogens with one attached hydrogen (secondary N) is 2. The molecular weight excluding hydrogens is 256 g/mol. The fourth-order valence-electron chi connectivity index (χ4n) is 1.61. The maximum atomic E-state index is 7.93. The Balaban J connectivity index is 2.09. The van der Waals surface area contributed by atoms with Gasteiger partial charge in [0.05, 0.1) is 11.4 Å². The SMILES string of the molecule is N=C(/C=C\C(=N)c1ccc(Cl)cc1)c1ccccc1. The highest BCUT2D eigenvalue weighted by atomic mass is 35.5. The van der Waals surface area contributed by atoms with Crippen LogP contribution in [0.25, 0.3) is 0 Å². The smallest absolute Gasteiger partial charge is 0.0612 e. The van der Waals surface area contributed by atoms with Gasteiger partial charge in [0.2, 0.25) is 0 Å². The van der Waals surface area contributed by atoms with Crippen molar-refractivity contribution in [2.75, 3.05) is 0 Å². The van der Waals surface area contributed by atoms with Crippen LogP contribution in [-0.2, 0) is 0 Å². The zero-order valence-electron chi connectivity index (χ0n) is 10.2. The quantitative estimate of drug-likeness (QED) is 0.776. The molecule has 0 radical (unpaired) electrons. The van der Waals surface area contributed by atoms with Crippen molar-refractivity contribution in [1.82, 2.24) is 0 Å². The van der Waals surface area contributed by atoms with Gasteiger partial charge in [-0.2, -0.15) is 0 Å². The second-order valence-corrected chi connectivity index (χ2v) is 4.47. The summed E-state index contributed by atoms with van der Waals surface area (Å²) in [6, 6.07) is 16.5. The number of halogens is 1. The molecule has 0 aliphatic rings. The zero-order valence-corrected chi connectivity index (χ0v) is 11.0. The van der Waals surface area contributed by atoms with Crippen LogP contribution in [0.5, 0.6) is 0 Å². The van der Waals surface area contributed by atoms with Gasteiger partial charge in [-0.1, -0.05) is 54.1 Å². The van der Waals surface area contributed by atoms with E-state index in [4.69, 9.17) is 22.4 Å². The van der Waals surface area contributed by atoms with E-state index in [-0.39, 0.29) is 0 Å². The molecule has 0 amide bonds. The lowest BCUT2D eigenvalue weighted by Crippen LogP contribution is -1.98. The Bertz CT molecular complexity index is 613. The molecule has 0 fully saturated rings. The fraction of sp³-hybridized carbons (Fsp3) is 0. The Hall–Kier alpha value is -2.19. The standard InChI is InChI=1S/C16H13ClN2/c17-14-8-6-13(7-9-14)16(19)11-10-15(18)12-4-2-1-3-5-12/h1-11,18-19H/b11-10-,18-15?,19-16?. The number of hydrogen-bond acceptors (Lipinski definition) is 2. The second kappa shape index (κ2) is 6.12. The van der Waals surface area contributed by atoms with Gasteiger partial charge in [-0.3, -0.25) is 0 Å². The highest BCUT2D eigenvalue weighted by molar-refractivity contribution is 6.30. The van der Waals surface area contributed by atoms with E-state index in [1.807, 2.05) is 30.3 Å². The Morgan fingerprint density at radius 1 is 0.737 bits per heavy atom. The predicted molar refractivity (Wildman–Crippen MR) is 80.7 cm³/mol. The van der Waals surface area contributed by atoms with E-state index >= 15 is 0 Å². The molecule has 19 heavy (non-hydrogen) atoms. The summed E-state index contributed by atoms with van der Waals surface area (Å²) in [5.74, 6) is 0. The number of allylic oxidation sites excluding steroid dienone is 2. The average Bonchev–Trinajstić information content (AvgIpc) is 2.46. The zero-order chi connectivity index (χ0) is 13.7. The van der Waals surface area contributed by atoms with Gasteiger partial charge in [-0.05, 0) is 35.4 Å². The van der Waals surface area contributed by atoms with Crippen LogP contribution in [-0.4, -0.2) is 11.4 Å². The Morgan fingerprint density at radius 3 is 1.74 bits per heavy atom. The summed E-state index contributed by atoms with van der Waals surface area (Å²) in [7, 11) is 0. The summed E-state index contributed by atoms with van der Waals surface area (Å²) < 4.78 is 0. The van der Waals surface area contributed by atoms with Gasteiger partial charge in [-0.25, -0.2) is 0 Å². The Labute approximate surface area is 117 Å². The molecule has 94 valence electrons. The molecule has 0 saturated heterocycles. The van der Waals surface area contributed by atoms with E-state index in [2.05, 4.69) is 0 Å². The summed E-state index contributed by atoms with van der Waals surface area (Å²) in [5, 5.41) is 16.5. The monoisotopic (exact) mass is 268 g/mol. The third-order valence-electron chi connectivity index (χ3n) is 2.66. The second-order valence-electron chi connectivity index (χ2n) is 4.03. The Kier molecular flexibility index (Phi) is 4.26. The van der Waals surface area contributed by atoms with E-state index in [1.165, 1.54) is 0 Å². The Morgan fingerprint density at radius 2 is 1.21 bits per heavy atom. The largest absolute Gasteiger partial charge is 0.300 e. The summed E-state index contributed by atoms with van der Waals surface area (Å²) in [6.07, 6.45) is 3.25. The molecule has 2 aromatic rings. The first-order valence-corrected chi connectivity index (χ1v) is 6.21. The maximum absolute atomic E-state index is 7.93. The molecule has 0 aliphatic heterocycles. The lowest BCUT2D eigenvalue weighted by Gasteiger charge is -2.00. The molecule has 2 nitrogen and oxygen atoms in total. The van der Waals surface area contributed by atoms with E-state index in [9.17, 15) is 0 Å². The molecule has 0 aromatic heterocycles. The summed E-state index contributed by atoms with van der Waals surface area (Å²) in [4.78, 5) is 0. The van der Waals surface area contributed by atoms with Gasteiger partial charge in [-0.15, -0.1) is 0 Å². The first-order chi connectivity index (χ1) is 9.16. The fourth-order valence-corrected chi connectivity index (χ4v) is 1.73. The molecule has 2 N–H and O–H groups in total. The van der Waals surface area contributed by atoms with E-state index < -0.39 is 0 Å². The third-order valence-corrected chi connectivity index (χ3v) is 2.91. The van der Waals surface area contributed by atoms with Crippen molar-refractivity contribution in [3.05, 3.63) is 82.9 Å². The van der Waals surface area contributed by atoms with Crippen molar-refractivity contribution in [1.29, 1.82) is 10.8 Å². The first kappa shape index (κ1) is 13.2. The van der Waals surface area contributed by atoms with Gasteiger partial charge in [0.1, 0.15) is 0 Å². The third kappa shape index (κ3) is 3.63. The first-order valence-electron chi connectivity index (χ1n) is 5.83. The van der Waals surface area contributed by atoms with Crippen molar-refractivity contribution < 1.29 is 0 Å². The molecule has 0 saturated carbocycles. The van der Waals surface area contributed by atoms with Crippen molar-refractivity contribution in [3.63, 3.8) is 0 Å². The summed E-state index contributed by atoms with van der Waals surface area (Å²) >= 11 is 5.80.